The normalized spacial score (nSPS) is 19.9. The third-order valence-electron chi connectivity index (χ3n) is 3.52. The number of rotatable bonds is 5. The number of carbonyl (C=O) groups is 2. The lowest BCUT2D eigenvalue weighted by atomic mass is 9.76. The van der Waals surface area contributed by atoms with Gasteiger partial charge in [-0.25, -0.2) is 9.59 Å². The standard InChI is InChI=1S/C12H22N2O4/c1-12(5-3-2-4-6-12)8-13-11(18)14-9(7-15)10(16)17/h9,15H,2-8H2,1H3,(H,16,17)(H2,13,14,18). The van der Waals surface area contributed by atoms with Crippen LogP contribution in [0.3, 0.4) is 0 Å². The zero-order valence-corrected chi connectivity index (χ0v) is 10.7. The Bertz CT molecular complexity index is 300. The number of hydrogen-bond acceptors (Lipinski definition) is 3. The number of amides is 2. The predicted octanol–water partition coefficient (Wildman–Crippen LogP) is 0.701. The molecule has 1 fully saturated rings. The smallest absolute Gasteiger partial charge is 0.328 e. The molecule has 1 unspecified atom stereocenters. The van der Waals surface area contributed by atoms with Crippen molar-refractivity contribution in [2.75, 3.05) is 13.2 Å². The van der Waals surface area contributed by atoms with E-state index in [2.05, 4.69) is 17.6 Å². The summed E-state index contributed by atoms with van der Waals surface area (Å²) in [7, 11) is 0. The largest absolute Gasteiger partial charge is 0.480 e. The fourth-order valence-corrected chi connectivity index (χ4v) is 2.27. The van der Waals surface area contributed by atoms with Crippen LogP contribution in [0.15, 0.2) is 0 Å². The number of carboxylic acid groups (broad SMARTS) is 1. The molecule has 6 nitrogen and oxygen atoms in total. The quantitative estimate of drug-likeness (QED) is 0.583. The van der Waals surface area contributed by atoms with Crippen LogP contribution < -0.4 is 10.6 Å². The van der Waals surface area contributed by atoms with Crippen LogP contribution in [-0.4, -0.2) is 41.4 Å². The number of aliphatic hydroxyl groups excluding tert-OH is 1. The molecule has 1 aliphatic rings. The molecule has 0 aromatic rings. The highest BCUT2D eigenvalue weighted by Crippen LogP contribution is 2.34. The van der Waals surface area contributed by atoms with E-state index >= 15 is 0 Å². The fourth-order valence-electron chi connectivity index (χ4n) is 2.27. The molecule has 0 bridgehead atoms. The molecule has 0 radical (unpaired) electrons. The number of aliphatic carboxylic acids is 1. The van der Waals surface area contributed by atoms with Crippen molar-refractivity contribution in [3.05, 3.63) is 0 Å². The summed E-state index contributed by atoms with van der Waals surface area (Å²) in [6.07, 6.45) is 5.75. The van der Waals surface area contributed by atoms with E-state index in [-0.39, 0.29) is 5.41 Å². The summed E-state index contributed by atoms with van der Waals surface area (Å²) in [5.41, 5.74) is 0.105. The Labute approximate surface area is 107 Å². The number of carboxylic acids is 1. The first-order valence-corrected chi connectivity index (χ1v) is 6.35. The van der Waals surface area contributed by atoms with E-state index in [0.29, 0.717) is 6.54 Å². The summed E-state index contributed by atoms with van der Waals surface area (Å²) < 4.78 is 0. The van der Waals surface area contributed by atoms with E-state index in [1.165, 1.54) is 19.3 Å². The molecule has 104 valence electrons. The molecule has 6 heteroatoms. The first kappa shape index (κ1) is 14.8. The van der Waals surface area contributed by atoms with Gasteiger partial charge in [-0.1, -0.05) is 26.2 Å². The van der Waals surface area contributed by atoms with Gasteiger partial charge < -0.3 is 20.8 Å². The van der Waals surface area contributed by atoms with Crippen molar-refractivity contribution < 1.29 is 19.8 Å². The zero-order valence-electron chi connectivity index (χ0n) is 10.7. The van der Waals surface area contributed by atoms with Gasteiger partial charge in [0.05, 0.1) is 6.61 Å². The number of aliphatic hydroxyl groups is 1. The van der Waals surface area contributed by atoms with Crippen molar-refractivity contribution in [2.45, 2.75) is 45.1 Å². The molecule has 0 spiro atoms. The lowest BCUT2D eigenvalue weighted by Crippen LogP contribution is -2.50. The molecule has 18 heavy (non-hydrogen) atoms. The van der Waals surface area contributed by atoms with Gasteiger partial charge in [-0.15, -0.1) is 0 Å². The van der Waals surface area contributed by atoms with Crippen LogP contribution in [0.2, 0.25) is 0 Å². The van der Waals surface area contributed by atoms with Crippen molar-refractivity contribution in [1.29, 1.82) is 0 Å². The van der Waals surface area contributed by atoms with Gasteiger partial charge in [-0.2, -0.15) is 0 Å². The maximum atomic E-state index is 11.5. The van der Waals surface area contributed by atoms with E-state index in [1.54, 1.807) is 0 Å². The van der Waals surface area contributed by atoms with Crippen LogP contribution in [0.5, 0.6) is 0 Å². The van der Waals surface area contributed by atoms with Gasteiger partial charge in [0.15, 0.2) is 6.04 Å². The van der Waals surface area contributed by atoms with Gasteiger partial charge in [0.1, 0.15) is 0 Å². The summed E-state index contributed by atoms with van der Waals surface area (Å²) in [4.78, 5) is 22.1. The Kier molecular flexibility index (Phi) is 5.40. The van der Waals surface area contributed by atoms with Crippen molar-refractivity contribution in [2.24, 2.45) is 5.41 Å². The van der Waals surface area contributed by atoms with Gasteiger partial charge in [-0.05, 0) is 18.3 Å². The Balaban J connectivity index is 2.34. The summed E-state index contributed by atoms with van der Waals surface area (Å²) >= 11 is 0. The van der Waals surface area contributed by atoms with Crippen molar-refractivity contribution in [1.82, 2.24) is 10.6 Å². The topological polar surface area (TPSA) is 98.7 Å². The summed E-state index contributed by atoms with van der Waals surface area (Å²) in [5.74, 6) is -1.24. The van der Waals surface area contributed by atoms with Crippen molar-refractivity contribution >= 4 is 12.0 Å². The van der Waals surface area contributed by atoms with Crippen LogP contribution in [0, 0.1) is 5.41 Å². The second-order valence-electron chi connectivity index (χ2n) is 5.27. The monoisotopic (exact) mass is 258 g/mol. The van der Waals surface area contributed by atoms with Crippen LogP contribution in [0.1, 0.15) is 39.0 Å². The Hall–Kier alpha value is -1.30. The molecule has 1 aliphatic carbocycles. The van der Waals surface area contributed by atoms with E-state index in [9.17, 15) is 9.59 Å². The second kappa shape index (κ2) is 6.58. The van der Waals surface area contributed by atoms with Crippen molar-refractivity contribution in [3.63, 3.8) is 0 Å². The van der Waals surface area contributed by atoms with E-state index in [1.807, 2.05) is 0 Å². The molecule has 0 aliphatic heterocycles. The summed E-state index contributed by atoms with van der Waals surface area (Å²) in [6, 6.07) is -1.78. The second-order valence-corrected chi connectivity index (χ2v) is 5.27. The van der Waals surface area contributed by atoms with Gasteiger partial charge in [0.25, 0.3) is 0 Å². The number of carbonyl (C=O) groups excluding carboxylic acids is 1. The predicted molar refractivity (Wildman–Crippen MR) is 66.2 cm³/mol. The molecule has 1 rings (SSSR count). The molecule has 2 amide bonds. The minimum atomic E-state index is -1.25. The van der Waals surface area contributed by atoms with Crippen molar-refractivity contribution in [3.8, 4) is 0 Å². The van der Waals surface area contributed by atoms with Gasteiger partial charge in [0, 0.05) is 6.54 Å². The number of hydrogen-bond donors (Lipinski definition) is 4. The molecule has 0 heterocycles. The van der Waals surface area contributed by atoms with Crippen LogP contribution in [0.4, 0.5) is 4.79 Å². The van der Waals surface area contributed by atoms with Crippen LogP contribution in [-0.2, 0) is 4.79 Å². The summed E-state index contributed by atoms with van der Waals surface area (Å²) in [5, 5.41) is 22.4. The lowest BCUT2D eigenvalue weighted by Gasteiger charge is -2.33. The maximum Gasteiger partial charge on any atom is 0.328 e. The molecule has 1 saturated carbocycles. The van der Waals surface area contributed by atoms with Crippen LogP contribution in [0.25, 0.3) is 0 Å². The number of nitrogens with one attached hydrogen (secondary N) is 2. The average Bonchev–Trinajstić information content (AvgIpc) is 2.34. The highest BCUT2D eigenvalue weighted by Gasteiger charge is 2.27. The van der Waals surface area contributed by atoms with Gasteiger partial charge in [0.2, 0.25) is 0 Å². The Morgan fingerprint density at radius 3 is 2.39 bits per heavy atom. The zero-order chi connectivity index (χ0) is 13.6. The molecule has 0 saturated heterocycles. The van der Waals surface area contributed by atoms with Crippen LogP contribution >= 0.6 is 0 Å². The average molecular weight is 258 g/mol. The first-order valence-electron chi connectivity index (χ1n) is 6.35. The summed E-state index contributed by atoms with van der Waals surface area (Å²) in [6.45, 7) is 2.06. The Morgan fingerprint density at radius 1 is 1.28 bits per heavy atom. The molecule has 0 aromatic carbocycles. The third kappa shape index (κ3) is 4.52. The van der Waals surface area contributed by atoms with E-state index < -0.39 is 24.6 Å². The fraction of sp³-hybridized carbons (Fsp3) is 0.833. The molecule has 0 aromatic heterocycles. The molecule has 1 atom stereocenters. The van der Waals surface area contributed by atoms with E-state index in [4.69, 9.17) is 10.2 Å². The van der Waals surface area contributed by atoms with Gasteiger partial charge >= 0.3 is 12.0 Å². The Morgan fingerprint density at radius 2 is 1.89 bits per heavy atom. The minimum absolute atomic E-state index is 0.105. The number of urea groups is 1. The molecule has 4 N–H and O–H groups in total. The SMILES string of the molecule is CC1(CNC(=O)NC(CO)C(=O)O)CCCCC1. The third-order valence-corrected chi connectivity index (χ3v) is 3.52. The highest BCUT2D eigenvalue weighted by molar-refractivity contribution is 5.82. The first-order chi connectivity index (χ1) is 8.47. The minimum Gasteiger partial charge on any atom is -0.480 e. The maximum absolute atomic E-state index is 11.5. The van der Waals surface area contributed by atoms with E-state index in [0.717, 1.165) is 12.8 Å². The molecular formula is C12H22N2O4. The lowest BCUT2D eigenvalue weighted by molar-refractivity contribution is -0.140. The van der Waals surface area contributed by atoms with Gasteiger partial charge in [-0.3, -0.25) is 0 Å². The molecular weight excluding hydrogens is 236 g/mol. The highest BCUT2D eigenvalue weighted by atomic mass is 16.4.